The molecule has 0 N–H and O–H groups in total. The molecule has 15 heavy (non-hydrogen) atoms. The molecule has 0 fully saturated rings. The molecule has 0 spiro atoms. The standard InChI is InChI=1S/C13H27FS/c1-4-7-9-13(11-15,8-5-2)10-12(14)6-3/h12,15H,4-11H2,1-3H3. The number of hydrogen-bond acceptors (Lipinski definition) is 1. The van der Waals surface area contributed by atoms with Crippen LogP contribution in [0, 0.1) is 5.41 Å². The van der Waals surface area contributed by atoms with Crippen molar-refractivity contribution in [2.75, 3.05) is 5.75 Å². The fourth-order valence-corrected chi connectivity index (χ4v) is 2.69. The molecule has 0 radical (unpaired) electrons. The second-order valence-electron chi connectivity index (χ2n) is 4.72. The molecule has 0 aliphatic heterocycles. The predicted octanol–water partition coefficient (Wildman–Crippen LogP) is 5.03. The van der Waals surface area contributed by atoms with Crippen LogP contribution in [0.3, 0.4) is 0 Å². The zero-order chi connectivity index (χ0) is 11.7. The largest absolute Gasteiger partial charge is 0.247 e. The third-order valence-electron chi connectivity index (χ3n) is 3.27. The van der Waals surface area contributed by atoms with E-state index >= 15 is 0 Å². The molecule has 2 atom stereocenters. The Labute approximate surface area is 100 Å². The lowest BCUT2D eigenvalue weighted by Gasteiger charge is -2.33. The van der Waals surface area contributed by atoms with E-state index in [2.05, 4.69) is 26.5 Å². The SMILES string of the molecule is CCCCC(CS)(CCC)CC(F)CC. The molecule has 0 bridgehead atoms. The van der Waals surface area contributed by atoms with Crippen LogP contribution >= 0.6 is 12.6 Å². The van der Waals surface area contributed by atoms with Gasteiger partial charge >= 0.3 is 0 Å². The van der Waals surface area contributed by atoms with Gasteiger partial charge in [-0.15, -0.1) is 0 Å². The van der Waals surface area contributed by atoms with Crippen LogP contribution in [-0.2, 0) is 0 Å². The quantitative estimate of drug-likeness (QED) is 0.531. The molecule has 0 rings (SSSR count). The molecule has 0 nitrogen and oxygen atoms in total. The maximum atomic E-state index is 13.5. The molecule has 2 heteroatoms. The van der Waals surface area contributed by atoms with Crippen LogP contribution in [-0.4, -0.2) is 11.9 Å². The zero-order valence-corrected chi connectivity index (χ0v) is 11.5. The van der Waals surface area contributed by atoms with E-state index in [9.17, 15) is 4.39 Å². The molecule has 0 aliphatic rings. The van der Waals surface area contributed by atoms with Gasteiger partial charge < -0.3 is 0 Å². The van der Waals surface area contributed by atoms with Gasteiger partial charge in [0.1, 0.15) is 6.17 Å². The van der Waals surface area contributed by atoms with Gasteiger partial charge in [-0.25, -0.2) is 4.39 Å². The second-order valence-corrected chi connectivity index (χ2v) is 5.04. The predicted molar refractivity (Wildman–Crippen MR) is 70.5 cm³/mol. The Kier molecular flexibility index (Phi) is 8.59. The normalized spacial score (nSPS) is 17.4. The van der Waals surface area contributed by atoms with Gasteiger partial charge in [0.2, 0.25) is 0 Å². The zero-order valence-electron chi connectivity index (χ0n) is 10.6. The van der Waals surface area contributed by atoms with E-state index < -0.39 is 6.17 Å². The van der Waals surface area contributed by atoms with Gasteiger partial charge in [0.15, 0.2) is 0 Å². The van der Waals surface area contributed by atoms with E-state index in [1.807, 2.05) is 6.92 Å². The Balaban J connectivity index is 4.34. The molecule has 0 aliphatic carbocycles. The van der Waals surface area contributed by atoms with E-state index in [4.69, 9.17) is 0 Å². The Morgan fingerprint density at radius 2 is 1.80 bits per heavy atom. The van der Waals surface area contributed by atoms with Crippen molar-refractivity contribution in [1.29, 1.82) is 0 Å². The lowest BCUT2D eigenvalue weighted by molar-refractivity contribution is 0.164. The van der Waals surface area contributed by atoms with Crippen molar-refractivity contribution in [2.24, 2.45) is 5.41 Å². The van der Waals surface area contributed by atoms with Crippen LogP contribution in [0.25, 0.3) is 0 Å². The lowest BCUT2D eigenvalue weighted by Crippen LogP contribution is -2.27. The summed E-state index contributed by atoms with van der Waals surface area (Å²) in [6.07, 6.45) is 6.52. The third kappa shape index (κ3) is 5.79. The number of thiol groups is 1. The Morgan fingerprint density at radius 1 is 1.13 bits per heavy atom. The van der Waals surface area contributed by atoms with Crippen LogP contribution in [0.15, 0.2) is 0 Å². The second kappa shape index (κ2) is 8.43. The topological polar surface area (TPSA) is 0 Å². The molecular weight excluding hydrogens is 207 g/mol. The fraction of sp³-hybridized carbons (Fsp3) is 1.00. The van der Waals surface area contributed by atoms with Gasteiger partial charge in [-0.05, 0) is 36.9 Å². The Morgan fingerprint density at radius 3 is 2.20 bits per heavy atom. The number of alkyl halides is 1. The molecule has 0 aromatic rings. The van der Waals surface area contributed by atoms with Gasteiger partial charge in [-0.1, -0.05) is 40.0 Å². The minimum Gasteiger partial charge on any atom is -0.247 e. The van der Waals surface area contributed by atoms with Crippen LogP contribution < -0.4 is 0 Å². The van der Waals surface area contributed by atoms with Crippen molar-refractivity contribution in [2.45, 2.75) is 71.9 Å². The summed E-state index contributed by atoms with van der Waals surface area (Å²) in [5.41, 5.74) is 0.156. The van der Waals surface area contributed by atoms with Crippen LogP contribution in [0.4, 0.5) is 4.39 Å². The number of hydrogen-bond donors (Lipinski definition) is 1. The molecule has 0 aromatic carbocycles. The highest BCUT2D eigenvalue weighted by Gasteiger charge is 2.29. The number of unbranched alkanes of at least 4 members (excludes halogenated alkanes) is 1. The van der Waals surface area contributed by atoms with Crippen molar-refractivity contribution < 1.29 is 4.39 Å². The molecule has 0 heterocycles. The highest BCUT2D eigenvalue weighted by Crippen LogP contribution is 2.37. The first-order chi connectivity index (χ1) is 7.14. The van der Waals surface area contributed by atoms with Gasteiger partial charge in [0.25, 0.3) is 0 Å². The monoisotopic (exact) mass is 234 g/mol. The number of halogens is 1. The summed E-state index contributed by atoms with van der Waals surface area (Å²) in [6, 6.07) is 0. The molecule has 2 unspecified atom stereocenters. The first kappa shape index (κ1) is 15.3. The van der Waals surface area contributed by atoms with Crippen LogP contribution in [0.5, 0.6) is 0 Å². The average Bonchev–Trinajstić information content (AvgIpc) is 2.26. The summed E-state index contributed by atoms with van der Waals surface area (Å²) in [5.74, 6) is 0.835. The maximum absolute atomic E-state index is 13.5. The summed E-state index contributed by atoms with van der Waals surface area (Å²) >= 11 is 4.45. The molecule has 0 saturated carbocycles. The fourth-order valence-electron chi connectivity index (χ4n) is 2.25. The van der Waals surface area contributed by atoms with Crippen molar-refractivity contribution in [3.63, 3.8) is 0 Å². The van der Waals surface area contributed by atoms with Gasteiger partial charge in [-0.3, -0.25) is 0 Å². The van der Waals surface area contributed by atoms with Crippen molar-refractivity contribution >= 4 is 12.6 Å². The minimum atomic E-state index is -0.638. The smallest absolute Gasteiger partial charge is 0.100 e. The van der Waals surface area contributed by atoms with Crippen LogP contribution in [0.2, 0.25) is 0 Å². The molecule has 0 aromatic heterocycles. The van der Waals surface area contributed by atoms with Crippen molar-refractivity contribution in [1.82, 2.24) is 0 Å². The number of rotatable bonds is 9. The minimum absolute atomic E-state index is 0.156. The van der Waals surface area contributed by atoms with E-state index in [0.29, 0.717) is 12.8 Å². The summed E-state index contributed by atoms with van der Waals surface area (Å²) in [7, 11) is 0. The third-order valence-corrected chi connectivity index (χ3v) is 3.94. The molecule has 92 valence electrons. The van der Waals surface area contributed by atoms with Crippen LogP contribution in [0.1, 0.15) is 65.7 Å². The highest BCUT2D eigenvalue weighted by atomic mass is 32.1. The summed E-state index contributed by atoms with van der Waals surface area (Å²) in [4.78, 5) is 0. The van der Waals surface area contributed by atoms with Crippen molar-refractivity contribution in [3.05, 3.63) is 0 Å². The Hall–Kier alpha value is 0.280. The molecular formula is C13H27FS. The Bertz CT molecular complexity index is 149. The van der Waals surface area contributed by atoms with Gasteiger partial charge in [-0.2, -0.15) is 12.6 Å². The maximum Gasteiger partial charge on any atom is 0.100 e. The first-order valence-corrected chi connectivity index (χ1v) is 7.02. The summed E-state index contributed by atoms with van der Waals surface area (Å²) < 4.78 is 13.5. The first-order valence-electron chi connectivity index (χ1n) is 6.39. The molecule has 0 amide bonds. The van der Waals surface area contributed by atoms with E-state index in [1.54, 1.807) is 0 Å². The summed E-state index contributed by atoms with van der Waals surface area (Å²) in [6.45, 7) is 6.31. The van der Waals surface area contributed by atoms with Crippen molar-refractivity contribution in [3.8, 4) is 0 Å². The lowest BCUT2D eigenvalue weighted by atomic mass is 9.76. The molecule has 0 saturated heterocycles. The van der Waals surface area contributed by atoms with E-state index in [-0.39, 0.29) is 5.41 Å². The van der Waals surface area contributed by atoms with E-state index in [0.717, 1.165) is 25.0 Å². The van der Waals surface area contributed by atoms with Gasteiger partial charge in [0.05, 0.1) is 0 Å². The van der Waals surface area contributed by atoms with Gasteiger partial charge in [0, 0.05) is 0 Å². The summed E-state index contributed by atoms with van der Waals surface area (Å²) in [5, 5.41) is 0. The van der Waals surface area contributed by atoms with E-state index in [1.165, 1.54) is 12.8 Å². The average molecular weight is 234 g/mol. The highest BCUT2D eigenvalue weighted by molar-refractivity contribution is 7.80.